The van der Waals surface area contributed by atoms with Gasteiger partial charge < -0.3 is 10.2 Å². The number of carbonyl (C=O) groups is 2. The maximum atomic E-state index is 11.2. The van der Waals surface area contributed by atoms with Gasteiger partial charge in [-0.3, -0.25) is 14.5 Å². The fraction of sp³-hybridized carbons (Fsp3) is 0.500. The van der Waals surface area contributed by atoms with Crippen LogP contribution in [0.1, 0.15) is 12.8 Å². The van der Waals surface area contributed by atoms with E-state index < -0.39 is 5.91 Å². The second-order valence-electron chi connectivity index (χ2n) is 5.82. The Bertz CT molecular complexity index is 574. The highest BCUT2D eigenvalue weighted by molar-refractivity contribution is 8.16. The maximum Gasteiger partial charge on any atom is 0.299 e. The summed E-state index contributed by atoms with van der Waals surface area (Å²) in [6.07, 6.45) is 1.83. The molecule has 1 aromatic rings. The normalized spacial score (nSPS) is 22.5. The fourth-order valence-corrected chi connectivity index (χ4v) is 4.01. The third kappa shape index (κ3) is 4.40. The highest BCUT2D eigenvalue weighted by atomic mass is 35.5. The van der Waals surface area contributed by atoms with Gasteiger partial charge in [-0.1, -0.05) is 29.4 Å². The van der Waals surface area contributed by atoms with Crippen LogP contribution in [0.15, 0.2) is 24.3 Å². The molecule has 0 aromatic heterocycles. The molecule has 5 nitrogen and oxygen atoms in total. The number of amides is 1. The van der Waals surface area contributed by atoms with E-state index in [9.17, 15) is 9.59 Å². The molecule has 7 heteroatoms. The topological polar surface area (TPSA) is 52.7 Å². The Balaban J connectivity index is 1.38. The second kappa shape index (κ2) is 7.55. The molecule has 1 aromatic carbocycles. The molecule has 0 aliphatic carbocycles. The van der Waals surface area contributed by atoms with Gasteiger partial charge in [0.25, 0.3) is 11.0 Å². The number of anilines is 1. The van der Waals surface area contributed by atoms with Gasteiger partial charge in [0.15, 0.2) is 0 Å². The van der Waals surface area contributed by atoms with Crippen molar-refractivity contribution < 1.29 is 9.59 Å². The molecule has 2 heterocycles. The molecule has 2 fully saturated rings. The Morgan fingerprint density at radius 3 is 2.65 bits per heavy atom. The third-order valence-corrected chi connectivity index (χ3v) is 5.49. The van der Waals surface area contributed by atoms with Crippen LogP contribution in [0.5, 0.6) is 0 Å². The predicted molar refractivity (Wildman–Crippen MR) is 93.9 cm³/mol. The van der Waals surface area contributed by atoms with Gasteiger partial charge in [-0.2, -0.15) is 0 Å². The molecule has 2 aliphatic heterocycles. The maximum absolute atomic E-state index is 11.2. The summed E-state index contributed by atoms with van der Waals surface area (Å²) in [5.41, 5.74) is 1.18. The largest absolute Gasteiger partial charge is 0.369 e. The summed E-state index contributed by atoms with van der Waals surface area (Å²) >= 11 is 7.17. The van der Waals surface area contributed by atoms with Crippen molar-refractivity contribution >= 4 is 40.1 Å². The van der Waals surface area contributed by atoms with Crippen LogP contribution >= 0.6 is 23.4 Å². The molecular weight excluding hydrogens is 334 g/mol. The first kappa shape index (κ1) is 16.6. The van der Waals surface area contributed by atoms with Crippen LogP contribution in [-0.2, 0) is 9.59 Å². The van der Waals surface area contributed by atoms with Crippen molar-refractivity contribution in [3.63, 3.8) is 0 Å². The minimum Gasteiger partial charge on any atom is -0.369 e. The molecule has 1 atom stereocenters. The quantitative estimate of drug-likeness (QED) is 0.820. The van der Waals surface area contributed by atoms with Gasteiger partial charge in [-0.05, 0) is 37.6 Å². The zero-order valence-electron chi connectivity index (χ0n) is 12.8. The van der Waals surface area contributed by atoms with Crippen LogP contribution in [-0.4, -0.2) is 54.0 Å². The Kier molecular flexibility index (Phi) is 5.46. The smallest absolute Gasteiger partial charge is 0.299 e. The molecule has 0 bridgehead atoms. The van der Waals surface area contributed by atoms with E-state index in [2.05, 4.69) is 21.2 Å². The van der Waals surface area contributed by atoms with Gasteiger partial charge in [-0.15, -0.1) is 0 Å². The highest BCUT2D eigenvalue weighted by Gasteiger charge is 2.30. The number of carbonyl (C=O) groups excluding carboxylic acids is 2. The number of piperazine rings is 1. The Morgan fingerprint density at radius 2 is 2.00 bits per heavy atom. The number of thioether (sulfide) groups is 1. The van der Waals surface area contributed by atoms with E-state index in [0.717, 1.165) is 62.3 Å². The molecule has 2 aliphatic rings. The molecule has 124 valence electrons. The lowest BCUT2D eigenvalue weighted by Gasteiger charge is -2.36. The van der Waals surface area contributed by atoms with Gasteiger partial charge in [0.1, 0.15) is 0 Å². The molecule has 0 spiro atoms. The molecule has 2 saturated heterocycles. The first-order valence-corrected chi connectivity index (χ1v) is 9.12. The third-order valence-electron chi connectivity index (χ3n) is 4.21. The Morgan fingerprint density at radius 1 is 1.22 bits per heavy atom. The van der Waals surface area contributed by atoms with Gasteiger partial charge in [0, 0.05) is 36.9 Å². The van der Waals surface area contributed by atoms with Crippen molar-refractivity contribution in [2.24, 2.45) is 0 Å². The lowest BCUT2D eigenvalue weighted by molar-refractivity contribution is -0.132. The standard InChI is InChI=1S/C16H20ClN3O2S/c17-12-3-1-4-13(11-12)20-9-7-19(8-10-20)6-2-5-14-18-15(21)16(22)23-14/h1,3-4,11,14H,2,5-10H2,(H,18,21). The van der Waals surface area contributed by atoms with Crippen molar-refractivity contribution in [1.82, 2.24) is 10.2 Å². The van der Waals surface area contributed by atoms with Crippen molar-refractivity contribution in [1.29, 1.82) is 0 Å². The Hall–Kier alpha value is -1.24. The second-order valence-corrected chi connectivity index (χ2v) is 7.43. The number of benzene rings is 1. The molecule has 1 N–H and O–H groups in total. The van der Waals surface area contributed by atoms with Crippen molar-refractivity contribution in [3.8, 4) is 0 Å². The van der Waals surface area contributed by atoms with Crippen LogP contribution in [0.4, 0.5) is 5.69 Å². The summed E-state index contributed by atoms with van der Waals surface area (Å²) < 4.78 is 0. The fourth-order valence-electron chi connectivity index (χ4n) is 2.95. The van der Waals surface area contributed by atoms with Crippen molar-refractivity contribution in [2.75, 3.05) is 37.6 Å². The number of nitrogens with one attached hydrogen (secondary N) is 1. The molecule has 1 unspecified atom stereocenters. The molecule has 0 radical (unpaired) electrons. The lowest BCUT2D eigenvalue weighted by Crippen LogP contribution is -2.46. The molecular formula is C16H20ClN3O2S. The lowest BCUT2D eigenvalue weighted by atomic mass is 10.2. The number of nitrogens with zero attached hydrogens (tertiary/aromatic N) is 2. The summed E-state index contributed by atoms with van der Waals surface area (Å²) in [5.74, 6) is -0.449. The Labute approximate surface area is 145 Å². The van der Waals surface area contributed by atoms with E-state index >= 15 is 0 Å². The average Bonchev–Trinajstić information content (AvgIpc) is 2.86. The van der Waals surface area contributed by atoms with Gasteiger partial charge >= 0.3 is 0 Å². The van der Waals surface area contributed by atoms with Crippen LogP contribution in [0.3, 0.4) is 0 Å². The van der Waals surface area contributed by atoms with E-state index in [1.54, 1.807) is 0 Å². The molecule has 3 rings (SSSR count). The number of hydrogen-bond donors (Lipinski definition) is 1. The summed E-state index contributed by atoms with van der Waals surface area (Å²) in [6, 6.07) is 7.98. The van der Waals surface area contributed by atoms with Crippen molar-refractivity contribution in [2.45, 2.75) is 18.2 Å². The number of halogens is 1. The summed E-state index contributed by atoms with van der Waals surface area (Å²) in [6.45, 7) is 5.04. The monoisotopic (exact) mass is 353 g/mol. The van der Waals surface area contributed by atoms with Crippen LogP contribution in [0, 0.1) is 0 Å². The zero-order chi connectivity index (χ0) is 16.2. The SMILES string of the molecule is O=C1NC(CCCN2CCN(c3cccc(Cl)c3)CC2)SC1=O. The minimum atomic E-state index is -0.449. The van der Waals surface area contributed by atoms with Gasteiger partial charge in [0.2, 0.25) is 0 Å². The average molecular weight is 354 g/mol. The van der Waals surface area contributed by atoms with Crippen LogP contribution in [0.25, 0.3) is 0 Å². The van der Waals surface area contributed by atoms with E-state index in [0.29, 0.717) is 0 Å². The van der Waals surface area contributed by atoms with Gasteiger partial charge in [-0.25, -0.2) is 0 Å². The summed E-state index contributed by atoms with van der Waals surface area (Å²) in [7, 11) is 0. The van der Waals surface area contributed by atoms with E-state index in [1.165, 1.54) is 5.69 Å². The summed E-state index contributed by atoms with van der Waals surface area (Å²) in [4.78, 5) is 27.1. The number of rotatable bonds is 5. The van der Waals surface area contributed by atoms with Gasteiger partial charge in [0.05, 0.1) is 5.37 Å². The predicted octanol–water partition coefficient (Wildman–Crippen LogP) is 1.96. The minimum absolute atomic E-state index is 0.0391. The first-order valence-electron chi connectivity index (χ1n) is 7.86. The van der Waals surface area contributed by atoms with E-state index in [4.69, 9.17) is 11.6 Å². The van der Waals surface area contributed by atoms with E-state index in [-0.39, 0.29) is 10.5 Å². The number of hydrogen-bond acceptors (Lipinski definition) is 5. The first-order chi connectivity index (χ1) is 11.1. The highest BCUT2D eigenvalue weighted by Crippen LogP contribution is 2.22. The van der Waals surface area contributed by atoms with Crippen molar-refractivity contribution in [3.05, 3.63) is 29.3 Å². The molecule has 23 heavy (non-hydrogen) atoms. The van der Waals surface area contributed by atoms with E-state index in [1.807, 2.05) is 18.2 Å². The van der Waals surface area contributed by atoms with Crippen LogP contribution < -0.4 is 10.2 Å². The molecule has 0 saturated carbocycles. The molecule has 1 amide bonds. The zero-order valence-corrected chi connectivity index (χ0v) is 14.4. The van der Waals surface area contributed by atoms with Crippen LogP contribution in [0.2, 0.25) is 5.02 Å². The summed E-state index contributed by atoms with van der Waals surface area (Å²) in [5, 5.41) is 3.09.